The Labute approximate surface area is 167 Å². The Kier molecular flexibility index (Phi) is 5.39. The van der Waals surface area contributed by atoms with E-state index in [1.807, 2.05) is 0 Å². The Morgan fingerprint density at radius 3 is 2.73 bits per heavy atom. The van der Waals surface area contributed by atoms with E-state index < -0.39 is 5.97 Å². The van der Waals surface area contributed by atoms with Crippen LogP contribution < -0.4 is 5.56 Å². The molecule has 0 unspecified atom stereocenters. The second kappa shape index (κ2) is 7.40. The largest absolute Gasteiger partial charge is 0.465 e. The number of thiophene rings is 1. The summed E-state index contributed by atoms with van der Waals surface area (Å²) in [6, 6.07) is 4.96. The van der Waals surface area contributed by atoms with Gasteiger partial charge in [0.25, 0.3) is 5.56 Å². The van der Waals surface area contributed by atoms with Crippen molar-refractivity contribution < 1.29 is 9.53 Å². The van der Waals surface area contributed by atoms with Crippen LogP contribution in [-0.4, -0.2) is 23.0 Å². The lowest BCUT2D eigenvalue weighted by atomic mass is 10.2. The molecule has 0 aliphatic heterocycles. The van der Waals surface area contributed by atoms with Gasteiger partial charge in [-0.25, -0.2) is 9.78 Å². The predicted octanol–water partition coefficient (Wildman–Crippen LogP) is 5.12. The first-order valence-corrected chi connectivity index (χ1v) is 9.21. The monoisotopic (exact) mass is 428 g/mol. The average molecular weight is 430 g/mol. The van der Waals surface area contributed by atoms with Crippen LogP contribution in [0.2, 0.25) is 10.0 Å². The first kappa shape index (κ1) is 18.9. The van der Waals surface area contributed by atoms with Crippen molar-refractivity contribution in [1.29, 1.82) is 0 Å². The number of esters is 1. The first-order chi connectivity index (χ1) is 12.3. The van der Waals surface area contributed by atoms with Gasteiger partial charge in [-0.2, -0.15) is 0 Å². The molecule has 0 spiro atoms. The number of methoxy groups -OCH3 is 1. The minimum absolute atomic E-state index is 0.174. The third-order valence-corrected chi connectivity index (χ3v) is 5.66. The van der Waals surface area contributed by atoms with Crippen LogP contribution in [0.15, 0.2) is 23.0 Å². The predicted molar refractivity (Wildman–Crippen MR) is 107 cm³/mol. The minimum Gasteiger partial charge on any atom is -0.465 e. The number of nitrogens with one attached hydrogen (secondary N) is 1. The smallest absolute Gasteiger partial charge is 0.348 e. The molecule has 3 aromatic rings. The van der Waals surface area contributed by atoms with Gasteiger partial charge in [0, 0.05) is 10.0 Å². The Hall–Kier alpha value is -1.86. The summed E-state index contributed by atoms with van der Waals surface area (Å²) in [4.78, 5) is 32.0. The quantitative estimate of drug-likeness (QED) is 0.586. The van der Waals surface area contributed by atoms with Gasteiger partial charge in [-0.05, 0) is 36.3 Å². The van der Waals surface area contributed by atoms with E-state index in [1.165, 1.54) is 7.11 Å². The third-order valence-electron chi connectivity index (χ3n) is 3.64. The van der Waals surface area contributed by atoms with Gasteiger partial charge in [0.05, 0.1) is 17.5 Å². The van der Waals surface area contributed by atoms with Gasteiger partial charge in [-0.1, -0.05) is 40.9 Å². The molecule has 0 atom stereocenters. The number of halogens is 3. The fourth-order valence-electron chi connectivity index (χ4n) is 2.37. The number of H-pyrrole nitrogens is 1. The molecule has 3 rings (SSSR count). The molecule has 1 aromatic carbocycles. The summed E-state index contributed by atoms with van der Waals surface area (Å²) in [7, 11) is 1.28. The second-order valence-corrected chi connectivity index (χ2v) is 7.55. The average Bonchev–Trinajstić information content (AvgIpc) is 2.93. The van der Waals surface area contributed by atoms with Gasteiger partial charge < -0.3 is 9.72 Å². The molecule has 5 nitrogen and oxygen atoms in total. The molecular weight excluding hydrogens is 419 g/mol. The van der Waals surface area contributed by atoms with Crippen LogP contribution in [0.4, 0.5) is 0 Å². The standard InChI is InChI=1S/C17H11Cl3N2O3S/c1-7-12-15(23)21-14(22-16(12)26-13(7)17(24)25-2)11(20)5-8-3-4-9(18)6-10(8)19/h3-6H,1-2H3,(H,21,22,23)/b11-5-. The number of aryl methyl sites for hydroxylation is 1. The highest BCUT2D eigenvalue weighted by atomic mass is 35.5. The first-order valence-electron chi connectivity index (χ1n) is 7.26. The maximum Gasteiger partial charge on any atom is 0.348 e. The molecule has 134 valence electrons. The number of carbonyl (C=O) groups excluding carboxylic acids is 1. The van der Waals surface area contributed by atoms with E-state index in [9.17, 15) is 9.59 Å². The summed E-state index contributed by atoms with van der Waals surface area (Å²) in [5.41, 5.74) is 0.766. The zero-order valence-electron chi connectivity index (χ0n) is 13.5. The van der Waals surface area contributed by atoms with Crippen LogP contribution in [-0.2, 0) is 4.74 Å². The van der Waals surface area contributed by atoms with Crippen molar-refractivity contribution in [3.8, 4) is 0 Å². The highest BCUT2D eigenvalue weighted by Crippen LogP contribution is 2.30. The number of aromatic amines is 1. The maximum absolute atomic E-state index is 12.4. The van der Waals surface area contributed by atoms with E-state index in [0.29, 0.717) is 36.3 Å². The van der Waals surface area contributed by atoms with Crippen molar-refractivity contribution in [2.75, 3.05) is 7.11 Å². The molecular formula is C17H11Cl3N2O3S. The van der Waals surface area contributed by atoms with Gasteiger partial charge >= 0.3 is 5.97 Å². The summed E-state index contributed by atoms with van der Waals surface area (Å²) < 4.78 is 4.73. The Morgan fingerprint density at radius 2 is 2.08 bits per heavy atom. The highest BCUT2D eigenvalue weighted by Gasteiger charge is 2.20. The number of ether oxygens (including phenoxy) is 1. The van der Waals surface area contributed by atoms with Crippen LogP contribution in [0, 0.1) is 6.92 Å². The van der Waals surface area contributed by atoms with Crippen molar-refractivity contribution in [1.82, 2.24) is 9.97 Å². The SMILES string of the molecule is COC(=O)c1sc2nc(/C(Cl)=C/c3ccc(Cl)cc3Cl)[nH]c(=O)c2c1C. The normalized spacial score (nSPS) is 11.8. The maximum atomic E-state index is 12.4. The zero-order valence-corrected chi connectivity index (χ0v) is 16.6. The van der Waals surface area contributed by atoms with E-state index in [2.05, 4.69) is 9.97 Å². The number of hydrogen-bond donors (Lipinski definition) is 1. The van der Waals surface area contributed by atoms with E-state index in [0.717, 1.165) is 11.3 Å². The van der Waals surface area contributed by atoms with Crippen LogP contribution in [0.1, 0.15) is 26.6 Å². The lowest BCUT2D eigenvalue weighted by Gasteiger charge is -2.02. The molecule has 0 radical (unpaired) electrons. The number of fused-ring (bicyclic) bond motifs is 1. The number of nitrogens with zero attached hydrogens (tertiary/aromatic N) is 1. The van der Waals surface area contributed by atoms with Crippen molar-refractivity contribution in [2.45, 2.75) is 6.92 Å². The van der Waals surface area contributed by atoms with Crippen molar-refractivity contribution in [3.63, 3.8) is 0 Å². The van der Waals surface area contributed by atoms with Gasteiger partial charge in [-0.15, -0.1) is 11.3 Å². The highest BCUT2D eigenvalue weighted by molar-refractivity contribution is 7.20. The summed E-state index contributed by atoms with van der Waals surface area (Å²) in [6.45, 7) is 1.67. The minimum atomic E-state index is -0.513. The number of benzene rings is 1. The molecule has 2 heterocycles. The molecule has 0 saturated heterocycles. The fraction of sp³-hybridized carbons (Fsp3) is 0.118. The lowest BCUT2D eigenvalue weighted by Crippen LogP contribution is -2.10. The number of hydrogen-bond acceptors (Lipinski definition) is 5. The van der Waals surface area contributed by atoms with E-state index in [4.69, 9.17) is 39.5 Å². The molecule has 0 saturated carbocycles. The molecule has 0 fully saturated rings. The van der Waals surface area contributed by atoms with Gasteiger partial charge in [-0.3, -0.25) is 4.79 Å². The molecule has 9 heteroatoms. The van der Waals surface area contributed by atoms with Crippen LogP contribution in [0.3, 0.4) is 0 Å². The van der Waals surface area contributed by atoms with Crippen LogP contribution >= 0.6 is 46.1 Å². The summed E-state index contributed by atoms with van der Waals surface area (Å²) >= 11 is 19.4. The van der Waals surface area contributed by atoms with E-state index in [-0.39, 0.29) is 16.4 Å². The van der Waals surface area contributed by atoms with Crippen molar-refractivity contribution in [2.24, 2.45) is 0 Å². The molecule has 0 aliphatic carbocycles. The van der Waals surface area contributed by atoms with Crippen molar-refractivity contribution in [3.05, 3.63) is 60.4 Å². The number of aromatic nitrogens is 2. The molecule has 1 N–H and O–H groups in total. The van der Waals surface area contributed by atoms with Crippen LogP contribution in [0.25, 0.3) is 21.3 Å². The Balaban J connectivity index is 2.12. The fourth-order valence-corrected chi connectivity index (χ4v) is 4.14. The van der Waals surface area contributed by atoms with Crippen molar-refractivity contribution >= 4 is 73.4 Å². The molecule has 0 aliphatic rings. The Bertz CT molecular complexity index is 1120. The van der Waals surface area contributed by atoms with Gasteiger partial charge in [0.15, 0.2) is 5.82 Å². The third kappa shape index (κ3) is 3.50. The second-order valence-electron chi connectivity index (χ2n) is 5.30. The molecule has 26 heavy (non-hydrogen) atoms. The Morgan fingerprint density at radius 1 is 1.35 bits per heavy atom. The number of carbonyl (C=O) groups is 1. The molecule has 0 amide bonds. The van der Waals surface area contributed by atoms with E-state index >= 15 is 0 Å². The molecule has 0 bridgehead atoms. The zero-order chi connectivity index (χ0) is 19.0. The van der Waals surface area contributed by atoms with Crippen LogP contribution in [0.5, 0.6) is 0 Å². The van der Waals surface area contributed by atoms with Gasteiger partial charge in [0.1, 0.15) is 9.71 Å². The van der Waals surface area contributed by atoms with Gasteiger partial charge in [0.2, 0.25) is 0 Å². The van der Waals surface area contributed by atoms with E-state index in [1.54, 1.807) is 31.2 Å². The number of rotatable bonds is 3. The topological polar surface area (TPSA) is 72.0 Å². The lowest BCUT2D eigenvalue weighted by molar-refractivity contribution is 0.0605. The molecule has 2 aromatic heterocycles. The summed E-state index contributed by atoms with van der Waals surface area (Å²) in [5.74, 6) is -0.339. The summed E-state index contributed by atoms with van der Waals surface area (Å²) in [5, 5.41) is 1.45. The summed E-state index contributed by atoms with van der Waals surface area (Å²) in [6.07, 6.45) is 1.58.